The first-order chi connectivity index (χ1) is 8.77. The van der Waals surface area contributed by atoms with E-state index in [1.807, 2.05) is 6.92 Å². The van der Waals surface area contributed by atoms with Crippen LogP contribution in [-0.4, -0.2) is 24.4 Å². The zero-order valence-corrected chi connectivity index (χ0v) is 12.6. The van der Waals surface area contributed by atoms with E-state index in [0.717, 1.165) is 13.0 Å². The van der Waals surface area contributed by atoms with Crippen LogP contribution < -0.4 is 0 Å². The Balaban J connectivity index is 2.90. The molecule has 1 atom stereocenters. The molecule has 0 radical (unpaired) electrons. The van der Waals surface area contributed by atoms with Crippen LogP contribution in [0.5, 0.6) is 0 Å². The van der Waals surface area contributed by atoms with Gasteiger partial charge in [-0.05, 0) is 19.8 Å². The van der Waals surface area contributed by atoms with Crippen LogP contribution >= 0.6 is 0 Å². The van der Waals surface area contributed by atoms with Crippen molar-refractivity contribution in [2.75, 3.05) is 13.2 Å². The fourth-order valence-corrected chi connectivity index (χ4v) is 2.05. The van der Waals surface area contributed by atoms with Crippen molar-refractivity contribution in [1.82, 2.24) is 0 Å². The second-order valence-electron chi connectivity index (χ2n) is 5.43. The van der Waals surface area contributed by atoms with Gasteiger partial charge in [0.2, 0.25) is 0 Å². The van der Waals surface area contributed by atoms with Crippen LogP contribution in [0.25, 0.3) is 0 Å². The van der Waals surface area contributed by atoms with Gasteiger partial charge in [0.25, 0.3) is 0 Å². The van der Waals surface area contributed by atoms with Crippen LogP contribution in [0, 0.1) is 0 Å². The van der Waals surface area contributed by atoms with E-state index in [1.54, 1.807) is 0 Å². The molecule has 0 aliphatic rings. The molecule has 0 aromatic rings. The molecule has 2 nitrogen and oxygen atoms in total. The third-order valence-corrected chi connectivity index (χ3v) is 3.32. The monoisotopic (exact) mass is 258 g/mol. The van der Waals surface area contributed by atoms with E-state index < -0.39 is 0 Å². The van der Waals surface area contributed by atoms with E-state index in [2.05, 4.69) is 6.92 Å². The Bertz CT molecular complexity index is 146. The van der Waals surface area contributed by atoms with E-state index in [1.165, 1.54) is 64.2 Å². The molecule has 0 aliphatic heterocycles. The largest absolute Gasteiger partial charge is 0.393 e. The Morgan fingerprint density at radius 3 is 1.78 bits per heavy atom. The average Bonchev–Trinajstić information content (AvgIpc) is 2.34. The maximum atomic E-state index is 9.05. The Kier molecular flexibility index (Phi) is 14.9. The summed E-state index contributed by atoms with van der Waals surface area (Å²) in [5.41, 5.74) is 0. The highest BCUT2D eigenvalue weighted by atomic mass is 16.5. The van der Waals surface area contributed by atoms with Crippen LogP contribution in [0.1, 0.15) is 84.5 Å². The molecule has 0 bridgehead atoms. The normalized spacial score (nSPS) is 12.8. The summed E-state index contributed by atoms with van der Waals surface area (Å²) in [7, 11) is 0. The summed E-state index contributed by atoms with van der Waals surface area (Å²) in [6.07, 6.45) is 14.2. The number of ether oxygens (including phenoxy) is 1. The van der Waals surface area contributed by atoms with Crippen molar-refractivity contribution in [3.63, 3.8) is 0 Å². The van der Waals surface area contributed by atoms with Crippen molar-refractivity contribution in [3.05, 3.63) is 0 Å². The third kappa shape index (κ3) is 15.9. The zero-order chi connectivity index (χ0) is 13.5. The first-order valence-corrected chi connectivity index (χ1v) is 8.03. The average molecular weight is 258 g/mol. The molecule has 0 aromatic heterocycles. The molecule has 0 spiro atoms. The van der Waals surface area contributed by atoms with Gasteiger partial charge in [-0.1, -0.05) is 64.7 Å². The van der Waals surface area contributed by atoms with Gasteiger partial charge >= 0.3 is 0 Å². The molecule has 0 fully saturated rings. The predicted octanol–water partition coefficient (Wildman–Crippen LogP) is 4.69. The van der Waals surface area contributed by atoms with E-state index in [4.69, 9.17) is 9.84 Å². The zero-order valence-electron chi connectivity index (χ0n) is 12.6. The van der Waals surface area contributed by atoms with Crippen LogP contribution in [0.4, 0.5) is 0 Å². The van der Waals surface area contributed by atoms with Crippen LogP contribution in [0.2, 0.25) is 0 Å². The number of aliphatic hydroxyl groups is 1. The second kappa shape index (κ2) is 15.0. The number of rotatable bonds is 14. The third-order valence-electron chi connectivity index (χ3n) is 3.32. The summed E-state index contributed by atoms with van der Waals surface area (Å²) in [5.74, 6) is 0. The fraction of sp³-hybridized carbons (Fsp3) is 1.00. The predicted molar refractivity (Wildman–Crippen MR) is 79.0 cm³/mol. The molecule has 2 heteroatoms. The Morgan fingerprint density at radius 1 is 0.778 bits per heavy atom. The quantitative estimate of drug-likeness (QED) is 0.458. The lowest BCUT2D eigenvalue weighted by Gasteiger charge is -2.06. The van der Waals surface area contributed by atoms with Crippen LogP contribution in [0.3, 0.4) is 0 Å². The maximum Gasteiger partial charge on any atom is 0.0534 e. The van der Waals surface area contributed by atoms with Gasteiger partial charge in [-0.15, -0.1) is 0 Å². The summed E-state index contributed by atoms with van der Waals surface area (Å²) in [4.78, 5) is 0. The molecular weight excluding hydrogens is 224 g/mol. The molecule has 0 aromatic carbocycles. The van der Waals surface area contributed by atoms with Crippen LogP contribution in [0.15, 0.2) is 0 Å². The molecule has 110 valence electrons. The van der Waals surface area contributed by atoms with Crippen molar-refractivity contribution in [1.29, 1.82) is 0 Å². The molecule has 1 N–H and O–H groups in total. The van der Waals surface area contributed by atoms with Crippen molar-refractivity contribution in [2.45, 2.75) is 90.6 Å². The Hall–Kier alpha value is -0.0800. The van der Waals surface area contributed by atoms with Gasteiger partial charge in [-0.25, -0.2) is 0 Å². The number of hydrogen-bond donors (Lipinski definition) is 1. The first-order valence-electron chi connectivity index (χ1n) is 8.03. The minimum absolute atomic E-state index is 0.224. The van der Waals surface area contributed by atoms with Gasteiger partial charge in [0.15, 0.2) is 0 Å². The highest BCUT2D eigenvalue weighted by Crippen LogP contribution is 2.10. The standard InChI is InChI=1S/C16H34O2/c1-3-4-5-6-7-8-9-10-11-12-14-18-15-13-16(2)17/h16-17H,3-15H2,1-2H3/t16-/m1/s1. The van der Waals surface area contributed by atoms with E-state index in [0.29, 0.717) is 6.61 Å². The van der Waals surface area contributed by atoms with Crippen molar-refractivity contribution in [3.8, 4) is 0 Å². The molecule has 0 saturated carbocycles. The van der Waals surface area contributed by atoms with Gasteiger partial charge in [0.1, 0.15) is 0 Å². The molecule has 0 amide bonds. The molecule has 0 saturated heterocycles. The summed E-state index contributed by atoms with van der Waals surface area (Å²) >= 11 is 0. The first kappa shape index (κ1) is 17.9. The van der Waals surface area contributed by atoms with Gasteiger partial charge in [0.05, 0.1) is 6.10 Å². The molecule has 0 rings (SSSR count). The number of unbranched alkanes of at least 4 members (excludes halogenated alkanes) is 9. The highest BCUT2D eigenvalue weighted by molar-refractivity contribution is 4.48. The molecule has 0 unspecified atom stereocenters. The van der Waals surface area contributed by atoms with Gasteiger partial charge < -0.3 is 9.84 Å². The van der Waals surface area contributed by atoms with E-state index in [9.17, 15) is 0 Å². The number of aliphatic hydroxyl groups excluding tert-OH is 1. The lowest BCUT2D eigenvalue weighted by atomic mass is 10.1. The highest BCUT2D eigenvalue weighted by Gasteiger charge is 1.96. The van der Waals surface area contributed by atoms with Crippen molar-refractivity contribution in [2.24, 2.45) is 0 Å². The fourth-order valence-electron chi connectivity index (χ4n) is 2.05. The molecule has 0 heterocycles. The lowest BCUT2D eigenvalue weighted by molar-refractivity contribution is 0.0870. The smallest absolute Gasteiger partial charge is 0.0534 e. The van der Waals surface area contributed by atoms with Crippen LogP contribution in [-0.2, 0) is 4.74 Å². The minimum Gasteiger partial charge on any atom is -0.393 e. The minimum atomic E-state index is -0.224. The van der Waals surface area contributed by atoms with Crippen molar-refractivity contribution >= 4 is 0 Å². The molecule has 18 heavy (non-hydrogen) atoms. The SMILES string of the molecule is CCCCCCCCCCCCOCC[C@@H](C)O. The molecular formula is C16H34O2. The maximum absolute atomic E-state index is 9.05. The lowest BCUT2D eigenvalue weighted by Crippen LogP contribution is -2.06. The summed E-state index contributed by atoms with van der Waals surface area (Å²) in [6.45, 7) is 5.64. The van der Waals surface area contributed by atoms with Gasteiger partial charge in [-0.3, -0.25) is 0 Å². The topological polar surface area (TPSA) is 29.5 Å². The summed E-state index contributed by atoms with van der Waals surface area (Å²) in [5, 5.41) is 9.05. The summed E-state index contributed by atoms with van der Waals surface area (Å²) < 4.78 is 5.46. The summed E-state index contributed by atoms with van der Waals surface area (Å²) in [6, 6.07) is 0. The second-order valence-corrected chi connectivity index (χ2v) is 5.43. The Labute approximate surface area is 114 Å². The van der Waals surface area contributed by atoms with Crippen molar-refractivity contribution < 1.29 is 9.84 Å². The van der Waals surface area contributed by atoms with Gasteiger partial charge in [-0.2, -0.15) is 0 Å². The van der Waals surface area contributed by atoms with E-state index >= 15 is 0 Å². The molecule has 0 aliphatic carbocycles. The number of hydrogen-bond acceptors (Lipinski definition) is 2. The van der Waals surface area contributed by atoms with Gasteiger partial charge in [0, 0.05) is 13.2 Å². The van der Waals surface area contributed by atoms with E-state index in [-0.39, 0.29) is 6.10 Å². The Morgan fingerprint density at radius 2 is 1.28 bits per heavy atom.